The van der Waals surface area contributed by atoms with Gasteiger partial charge in [-0.15, -0.1) is 0 Å². The maximum atomic E-state index is 5.72. The van der Waals surface area contributed by atoms with Crippen molar-refractivity contribution in [3.05, 3.63) is 0 Å². The molecule has 1 saturated carbocycles. The highest BCUT2D eigenvalue weighted by Crippen LogP contribution is 2.43. The monoisotopic (exact) mass is 184 g/mol. The molecule has 0 radical (unpaired) electrons. The summed E-state index contributed by atoms with van der Waals surface area (Å²) in [6, 6.07) is 0.678. The van der Waals surface area contributed by atoms with Gasteiger partial charge in [-0.25, -0.2) is 0 Å². The average Bonchev–Trinajstić information content (AvgIpc) is 2.97. The Bertz CT molecular complexity index is 162. The van der Waals surface area contributed by atoms with Crippen LogP contribution in [0.5, 0.6) is 0 Å². The summed E-state index contributed by atoms with van der Waals surface area (Å²) in [5.74, 6) is 0. The lowest BCUT2D eigenvalue weighted by molar-refractivity contribution is 0.0766. The topological polar surface area (TPSA) is 47.3 Å². The Hall–Kier alpha value is -0.120. The van der Waals surface area contributed by atoms with Crippen LogP contribution in [0.25, 0.3) is 0 Å². The van der Waals surface area contributed by atoms with Gasteiger partial charge >= 0.3 is 0 Å². The van der Waals surface area contributed by atoms with E-state index in [1.54, 1.807) is 0 Å². The highest BCUT2D eigenvalue weighted by molar-refractivity contribution is 4.96. The van der Waals surface area contributed by atoms with Gasteiger partial charge in [0.1, 0.15) is 0 Å². The average molecular weight is 184 g/mol. The molecule has 2 rings (SSSR count). The molecule has 0 aromatic heterocycles. The SMILES string of the molecule is NCC1(CNC2CCOCC2)CC1. The van der Waals surface area contributed by atoms with E-state index in [-0.39, 0.29) is 0 Å². The number of rotatable bonds is 4. The molecule has 0 aromatic rings. The van der Waals surface area contributed by atoms with Gasteiger partial charge in [0.25, 0.3) is 0 Å². The molecule has 1 aliphatic carbocycles. The van der Waals surface area contributed by atoms with E-state index in [1.165, 1.54) is 25.7 Å². The lowest BCUT2D eigenvalue weighted by Crippen LogP contribution is -2.40. The number of hydrogen-bond donors (Lipinski definition) is 2. The van der Waals surface area contributed by atoms with Gasteiger partial charge < -0.3 is 15.8 Å². The van der Waals surface area contributed by atoms with Gasteiger partial charge in [-0.1, -0.05) is 0 Å². The molecule has 3 heteroatoms. The smallest absolute Gasteiger partial charge is 0.0480 e. The predicted octanol–water partition coefficient (Wildman–Crippen LogP) is 0.494. The molecule has 2 aliphatic rings. The molecule has 76 valence electrons. The summed E-state index contributed by atoms with van der Waals surface area (Å²) in [6.07, 6.45) is 4.97. The Morgan fingerprint density at radius 1 is 1.31 bits per heavy atom. The van der Waals surface area contributed by atoms with Gasteiger partial charge in [0, 0.05) is 25.8 Å². The summed E-state index contributed by atoms with van der Waals surface area (Å²) in [5, 5.41) is 3.62. The van der Waals surface area contributed by atoms with Crippen LogP contribution in [0.2, 0.25) is 0 Å². The number of nitrogens with two attached hydrogens (primary N) is 1. The first-order valence-corrected chi connectivity index (χ1v) is 5.36. The van der Waals surface area contributed by atoms with Crippen LogP contribution in [-0.2, 0) is 4.74 Å². The van der Waals surface area contributed by atoms with Crippen LogP contribution in [0.1, 0.15) is 25.7 Å². The largest absolute Gasteiger partial charge is 0.381 e. The standard InChI is InChI=1S/C10H20N2O/c11-7-10(3-4-10)8-12-9-1-5-13-6-2-9/h9,12H,1-8,11H2. The van der Waals surface area contributed by atoms with Gasteiger partial charge in [0.2, 0.25) is 0 Å². The van der Waals surface area contributed by atoms with E-state index in [4.69, 9.17) is 10.5 Å². The Kier molecular flexibility index (Phi) is 2.86. The summed E-state index contributed by atoms with van der Waals surface area (Å²) < 4.78 is 5.31. The minimum absolute atomic E-state index is 0.471. The highest BCUT2D eigenvalue weighted by atomic mass is 16.5. The van der Waals surface area contributed by atoms with Crippen LogP contribution in [0.3, 0.4) is 0 Å². The molecule has 0 aromatic carbocycles. The van der Waals surface area contributed by atoms with E-state index in [0.717, 1.165) is 26.3 Å². The number of ether oxygens (including phenoxy) is 1. The summed E-state index contributed by atoms with van der Waals surface area (Å²) in [6.45, 7) is 3.82. The molecule has 0 spiro atoms. The van der Waals surface area contributed by atoms with E-state index >= 15 is 0 Å². The maximum Gasteiger partial charge on any atom is 0.0480 e. The van der Waals surface area contributed by atoms with E-state index in [1.807, 2.05) is 0 Å². The van der Waals surface area contributed by atoms with Gasteiger partial charge in [0.05, 0.1) is 0 Å². The Balaban J connectivity index is 1.66. The molecular weight excluding hydrogens is 164 g/mol. The zero-order valence-electron chi connectivity index (χ0n) is 8.22. The van der Waals surface area contributed by atoms with Crippen LogP contribution >= 0.6 is 0 Å². The molecule has 1 saturated heterocycles. The van der Waals surface area contributed by atoms with E-state index in [2.05, 4.69) is 5.32 Å². The first-order chi connectivity index (χ1) is 6.35. The Morgan fingerprint density at radius 2 is 2.00 bits per heavy atom. The van der Waals surface area contributed by atoms with Crippen LogP contribution in [0.4, 0.5) is 0 Å². The van der Waals surface area contributed by atoms with Crippen LogP contribution < -0.4 is 11.1 Å². The molecule has 3 N–H and O–H groups in total. The lowest BCUT2D eigenvalue weighted by Gasteiger charge is -2.25. The normalized spacial score (nSPS) is 27.5. The minimum atomic E-state index is 0.471. The minimum Gasteiger partial charge on any atom is -0.381 e. The first kappa shape index (κ1) is 9.44. The second kappa shape index (κ2) is 3.95. The van der Waals surface area contributed by atoms with Crippen molar-refractivity contribution in [2.45, 2.75) is 31.7 Å². The number of nitrogens with one attached hydrogen (secondary N) is 1. The molecule has 0 atom stereocenters. The highest BCUT2D eigenvalue weighted by Gasteiger charge is 2.41. The third-order valence-electron chi connectivity index (χ3n) is 3.38. The van der Waals surface area contributed by atoms with E-state index < -0.39 is 0 Å². The molecule has 1 heterocycles. The summed E-state index contributed by atoms with van der Waals surface area (Å²) in [7, 11) is 0. The summed E-state index contributed by atoms with van der Waals surface area (Å²) in [5.41, 5.74) is 6.19. The fourth-order valence-corrected chi connectivity index (χ4v) is 1.89. The fraction of sp³-hybridized carbons (Fsp3) is 1.00. The van der Waals surface area contributed by atoms with Crippen molar-refractivity contribution in [1.82, 2.24) is 5.32 Å². The number of hydrogen-bond acceptors (Lipinski definition) is 3. The van der Waals surface area contributed by atoms with Crippen LogP contribution in [0, 0.1) is 5.41 Å². The predicted molar refractivity (Wildman–Crippen MR) is 52.6 cm³/mol. The summed E-state index contributed by atoms with van der Waals surface area (Å²) >= 11 is 0. The Morgan fingerprint density at radius 3 is 2.54 bits per heavy atom. The van der Waals surface area contributed by atoms with Gasteiger partial charge in [-0.3, -0.25) is 0 Å². The molecule has 1 aliphatic heterocycles. The van der Waals surface area contributed by atoms with E-state index in [9.17, 15) is 0 Å². The molecule has 0 unspecified atom stereocenters. The molecular formula is C10H20N2O. The van der Waals surface area contributed by atoms with Crippen molar-refractivity contribution in [3.8, 4) is 0 Å². The molecule has 0 bridgehead atoms. The maximum absolute atomic E-state index is 5.72. The van der Waals surface area contributed by atoms with Crippen LogP contribution in [-0.4, -0.2) is 32.3 Å². The van der Waals surface area contributed by atoms with Crippen LogP contribution in [0.15, 0.2) is 0 Å². The molecule has 2 fully saturated rings. The third-order valence-corrected chi connectivity index (χ3v) is 3.38. The zero-order chi connectivity index (χ0) is 9.15. The zero-order valence-corrected chi connectivity index (χ0v) is 8.22. The second-order valence-electron chi connectivity index (χ2n) is 4.47. The molecule has 0 amide bonds. The van der Waals surface area contributed by atoms with Crippen molar-refractivity contribution in [2.75, 3.05) is 26.3 Å². The van der Waals surface area contributed by atoms with E-state index in [0.29, 0.717) is 11.5 Å². The summed E-state index contributed by atoms with van der Waals surface area (Å²) in [4.78, 5) is 0. The van der Waals surface area contributed by atoms with Crippen molar-refractivity contribution >= 4 is 0 Å². The van der Waals surface area contributed by atoms with Gasteiger partial charge in [-0.2, -0.15) is 0 Å². The first-order valence-electron chi connectivity index (χ1n) is 5.36. The molecule has 13 heavy (non-hydrogen) atoms. The fourth-order valence-electron chi connectivity index (χ4n) is 1.89. The van der Waals surface area contributed by atoms with Crippen molar-refractivity contribution in [2.24, 2.45) is 11.1 Å². The Labute approximate surface area is 80.0 Å². The van der Waals surface area contributed by atoms with Crippen molar-refractivity contribution < 1.29 is 4.74 Å². The van der Waals surface area contributed by atoms with Gasteiger partial charge in [0.15, 0.2) is 0 Å². The van der Waals surface area contributed by atoms with Gasteiger partial charge in [-0.05, 0) is 37.6 Å². The quantitative estimate of drug-likeness (QED) is 0.668. The lowest BCUT2D eigenvalue weighted by atomic mass is 10.1. The van der Waals surface area contributed by atoms with Crippen molar-refractivity contribution in [3.63, 3.8) is 0 Å². The van der Waals surface area contributed by atoms with Crippen molar-refractivity contribution in [1.29, 1.82) is 0 Å². The molecule has 3 nitrogen and oxygen atoms in total. The third kappa shape index (κ3) is 2.42. The second-order valence-corrected chi connectivity index (χ2v) is 4.47.